The third kappa shape index (κ3) is 11.5. The first-order valence-electron chi connectivity index (χ1n) is 10.7. The summed E-state index contributed by atoms with van der Waals surface area (Å²) in [6, 6.07) is 3.41. The Hall–Kier alpha value is -2.04. The average molecular weight is 476 g/mol. The minimum absolute atomic E-state index is 0.0814. The van der Waals surface area contributed by atoms with E-state index in [-0.39, 0.29) is 23.4 Å². The van der Waals surface area contributed by atoms with E-state index in [0.717, 1.165) is 44.2 Å². The number of carbonyl (C=O) groups excluding carboxylic acids is 2. The molecule has 32 heavy (non-hydrogen) atoms. The standard InChI is InChI=1S/C20H34FN4O6P/c21-19(20(27)24-13-7-2-1-5-11-22)15-9-10-17(31-32(28,29)30)16(14-15)25-18(26)8-4-3-6-12-23/h9-10,14,19H,1-8,11-13,22-23H2,(H,24,27)(H,25,26)(H2,28,29,30). The van der Waals surface area contributed by atoms with Gasteiger partial charge in [-0.05, 0) is 56.5 Å². The second-order valence-electron chi connectivity index (χ2n) is 7.34. The van der Waals surface area contributed by atoms with Crippen molar-refractivity contribution in [3.63, 3.8) is 0 Å². The van der Waals surface area contributed by atoms with Crippen molar-refractivity contribution < 1.29 is 32.9 Å². The zero-order valence-electron chi connectivity index (χ0n) is 18.1. The second kappa shape index (κ2) is 14.9. The first-order chi connectivity index (χ1) is 15.2. The van der Waals surface area contributed by atoms with E-state index in [0.29, 0.717) is 32.5 Å². The Morgan fingerprint density at radius 3 is 2.28 bits per heavy atom. The van der Waals surface area contributed by atoms with E-state index < -0.39 is 25.8 Å². The molecular weight excluding hydrogens is 442 g/mol. The highest BCUT2D eigenvalue weighted by atomic mass is 31.2. The number of amides is 2. The van der Waals surface area contributed by atoms with Crippen molar-refractivity contribution in [1.29, 1.82) is 0 Å². The number of unbranched alkanes of at least 4 members (excludes halogenated alkanes) is 5. The maximum atomic E-state index is 14.7. The molecular formula is C20H34FN4O6P. The zero-order chi connectivity index (χ0) is 24.0. The van der Waals surface area contributed by atoms with E-state index in [9.17, 15) is 18.5 Å². The summed E-state index contributed by atoms with van der Waals surface area (Å²) in [5.41, 5.74) is 10.6. The Kier molecular flexibility index (Phi) is 13.0. The Morgan fingerprint density at radius 1 is 1.03 bits per heavy atom. The summed E-state index contributed by atoms with van der Waals surface area (Å²) >= 11 is 0. The Bertz CT molecular complexity index is 776. The van der Waals surface area contributed by atoms with Gasteiger partial charge in [0.1, 0.15) is 0 Å². The molecule has 0 spiro atoms. The lowest BCUT2D eigenvalue weighted by Gasteiger charge is -2.16. The summed E-state index contributed by atoms with van der Waals surface area (Å²) in [5, 5.41) is 4.98. The Morgan fingerprint density at radius 2 is 1.66 bits per heavy atom. The van der Waals surface area contributed by atoms with Crippen molar-refractivity contribution in [2.24, 2.45) is 11.5 Å². The molecule has 0 aliphatic carbocycles. The molecule has 0 saturated carbocycles. The van der Waals surface area contributed by atoms with Gasteiger partial charge in [-0.3, -0.25) is 19.4 Å². The third-order valence-corrected chi connectivity index (χ3v) is 4.99. The van der Waals surface area contributed by atoms with Gasteiger partial charge in [-0.25, -0.2) is 8.96 Å². The largest absolute Gasteiger partial charge is 0.524 e. The number of rotatable bonds is 16. The van der Waals surface area contributed by atoms with E-state index in [1.54, 1.807) is 0 Å². The van der Waals surface area contributed by atoms with E-state index in [4.69, 9.17) is 21.3 Å². The Balaban J connectivity index is 2.82. The minimum Gasteiger partial charge on any atom is -0.402 e. The van der Waals surface area contributed by atoms with E-state index in [1.165, 1.54) is 6.07 Å². The van der Waals surface area contributed by atoms with Crippen LogP contribution in [-0.4, -0.2) is 41.2 Å². The summed E-state index contributed by atoms with van der Waals surface area (Å²) in [4.78, 5) is 42.5. The van der Waals surface area contributed by atoms with Gasteiger partial charge < -0.3 is 26.6 Å². The van der Waals surface area contributed by atoms with Crippen LogP contribution >= 0.6 is 7.82 Å². The smallest absolute Gasteiger partial charge is 0.402 e. The average Bonchev–Trinajstić information content (AvgIpc) is 2.73. The van der Waals surface area contributed by atoms with Crippen LogP contribution in [0.4, 0.5) is 10.1 Å². The number of benzene rings is 1. The quantitative estimate of drug-likeness (QED) is 0.155. The molecule has 0 aromatic heterocycles. The van der Waals surface area contributed by atoms with Gasteiger partial charge in [0.25, 0.3) is 5.91 Å². The van der Waals surface area contributed by atoms with Crippen LogP contribution in [0, 0.1) is 0 Å². The zero-order valence-corrected chi connectivity index (χ0v) is 19.0. The molecule has 0 radical (unpaired) electrons. The van der Waals surface area contributed by atoms with Crippen LogP contribution in [0.15, 0.2) is 18.2 Å². The van der Waals surface area contributed by atoms with Gasteiger partial charge in [0.15, 0.2) is 5.75 Å². The predicted molar refractivity (Wildman–Crippen MR) is 120 cm³/mol. The van der Waals surface area contributed by atoms with E-state index >= 15 is 0 Å². The summed E-state index contributed by atoms with van der Waals surface area (Å²) in [5.74, 6) is -1.61. The van der Waals surface area contributed by atoms with Gasteiger partial charge in [-0.1, -0.05) is 25.3 Å². The summed E-state index contributed by atoms with van der Waals surface area (Å²) in [6.45, 7) is 1.43. The Labute approximate surface area is 187 Å². The molecule has 1 unspecified atom stereocenters. The molecule has 1 aromatic rings. The fourth-order valence-electron chi connectivity index (χ4n) is 2.91. The van der Waals surface area contributed by atoms with Crippen LogP contribution < -0.4 is 26.6 Å². The first-order valence-corrected chi connectivity index (χ1v) is 12.2. The van der Waals surface area contributed by atoms with Crippen molar-refractivity contribution in [3.05, 3.63) is 23.8 Å². The molecule has 0 aliphatic heterocycles. The summed E-state index contributed by atoms with van der Waals surface area (Å²) in [7, 11) is -4.92. The number of carbonyl (C=O) groups is 2. The highest BCUT2D eigenvalue weighted by molar-refractivity contribution is 7.46. The molecule has 182 valence electrons. The lowest BCUT2D eigenvalue weighted by Crippen LogP contribution is -2.28. The number of hydrogen-bond donors (Lipinski definition) is 6. The fourth-order valence-corrected chi connectivity index (χ4v) is 3.32. The molecule has 0 saturated heterocycles. The normalized spacial score (nSPS) is 12.3. The molecule has 1 rings (SSSR count). The van der Waals surface area contributed by atoms with Gasteiger partial charge in [0.2, 0.25) is 12.1 Å². The monoisotopic (exact) mass is 476 g/mol. The SMILES string of the molecule is NCCCCCCNC(=O)C(F)c1ccc(OP(=O)(O)O)c(NC(=O)CCCCCN)c1. The predicted octanol–water partition coefficient (Wildman–Crippen LogP) is 2.26. The van der Waals surface area contributed by atoms with Crippen molar-refractivity contribution in [2.75, 3.05) is 25.0 Å². The topological polar surface area (TPSA) is 177 Å². The van der Waals surface area contributed by atoms with Gasteiger partial charge >= 0.3 is 7.82 Å². The molecule has 12 heteroatoms. The fraction of sp³-hybridized carbons (Fsp3) is 0.600. The maximum Gasteiger partial charge on any atom is 0.524 e. The third-order valence-electron chi connectivity index (χ3n) is 4.56. The highest BCUT2D eigenvalue weighted by Crippen LogP contribution is 2.42. The van der Waals surface area contributed by atoms with E-state index in [2.05, 4.69) is 15.2 Å². The van der Waals surface area contributed by atoms with Gasteiger partial charge in [-0.15, -0.1) is 0 Å². The lowest BCUT2D eigenvalue weighted by atomic mass is 10.1. The van der Waals surface area contributed by atoms with Crippen LogP contribution in [0.5, 0.6) is 5.75 Å². The molecule has 1 aromatic carbocycles. The van der Waals surface area contributed by atoms with Crippen molar-refractivity contribution in [2.45, 2.75) is 57.5 Å². The number of nitrogens with one attached hydrogen (secondary N) is 2. The van der Waals surface area contributed by atoms with Gasteiger partial charge in [-0.2, -0.15) is 0 Å². The number of phosphoric acid groups is 1. The maximum absolute atomic E-state index is 14.7. The second-order valence-corrected chi connectivity index (χ2v) is 8.51. The molecule has 10 nitrogen and oxygen atoms in total. The lowest BCUT2D eigenvalue weighted by molar-refractivity contribution is -0.126. The minimum atomic E-state index is -4.92. The molecule has 8 N–H and O–H groups in total. The number of nitrogens with two attached hydrogens (primary N) is 2. The molecule has 0 heterocycles. The van der Waals surface area contributed by atoms with Gasteiger partial charge in [0, 0.05) is 13.0 Å². The van der Waals surface area contributed by atoms with Crippen LogP contribution in [-0.2, 0) is 14.2 Å². The summed E-state index contributed by atoms with van der Waals surface area (Å²) < 4.78 is 30.5. The van der Waals surface area contributed by atoms with Gasteiger partial charge in [0.05, 0.1) is 5.69 Å². The molecule has 0 fully saturated rings. The van der Waals surface area contributed by atoms with E-state index in [1.807, 2.05) is 0 Å². The number of phosphoric ester groups is 1. The molecule has 2 amide bonds. The summed E-state index contributed by atoms with van der Waals surface area (Å²) in [6.07, 6.45) is 3.58. The van der Waals surface area contributed by atoms with Crippen molar-refractivity contribution in [3.8, 4) is 5.75 Å². The van der Waals surface area contributed by atoms with Crippen molar-refractivity contribution >= 4 is 25.3 Å². The molecule has 0 bridgehead atoms. The van der Waals surface area contributed by atoms with Crippen LogP contribution in [0.25, 0.3) is 0 Å². The number of halogens is 1. The van der Waals surface area contributed by atoms with Crippen molar-refractivity contribution in [1.82, 2.24) is 5.32 Å². The molecule has 1 atom stereocenters. The van der Waals surface area contributed by atoms with Crippen LogP contribution in [0.2, 0.25) is 0 Å². The number of hydrogen-bond acceptors (Lipinski definition) is 6. The first kappa shape index (κ1) is 28.0. The highest BCUT2D eigenvalue weighted by Gasteiger charge is 2.24. The molecule has 0 aliphatic rings. The van der Waals surface area contributed by atoms with Crippen LogP contribution in [0.3, 0.4) is 0 Å². The number of alkyl halides is 1. The van der Waals surface area contributed by atoms with Crippen LogP contribution in [0.1, 0.15) is 63.1 Å². The number of anilines is 1.